The van der Waals surface area contributed by atoms with Gasteiger partial charge in [0.25, 0.3) is 0 Å². The van der Waals surface area contributed by atoms with Crippen molar-refractivity contribution in [3.8, 4) is 0 Å². The lowest BCUT2D eigenvalue weighted by Crippen LogP contribution is -2.65. The maximum absolute atomic E-state index is 12.6. The van der Waals surface area contributed by atoms with E-state index in [0.717, 1.165) is 12.0 Å². The van der Waals surface area contributed by atoms with Crippen molar-refractivity contribution in [1.29, 1.82) is 0 Å². The number of ketones is 1. The standard InChI is InChI=1S/C33H52O14/c1-14(36)19-11-22(37)33(43)18-5-4-15-10-16(6-8-31(15,2)17(18)7-9-32(19,33)3)44-30-28(26(41)24(39)21(13-35)46-30)47-29-27(42)25(40)23(38)20(12-34)45-29/h4,16-30,34-35,37-43H,5-13H2,1-3H3/t16-,17-,18+,19+,20+,21+,22+,23+,24+,25-,26-,27+,28+,29-,30+,31-,32+,33+/m0/s1. The van der Waals surface area contributed by atoms with Crippen molar-refractivity contribution in [2.45, 2.75) is 145 Å². The Bertz CT molecular complexity index is 1200. The summed E-state index contributed by atoms with van der Waals surface area (Å²) in [6.45, 7) is 4.37. The molecule has 2 aliphatic heterocycles. The first kappa shape index (κ1) is 35.7. The van der Waals surface area contributed by atoms with Crippen LogP contribution in [-0.4, -0.2) is 144 Å². The lowest BCUT2D eigenvalue weighted by atomic mass is 9.45. The van der Waals surface area contributed by atoms with Crippen molar-refractivity contribution >= 4 is 5.78 Å². The zero-order valence-electron chi connectivity index (χ0n) is 27.2. The van der Waals surface area contributed by atoms with E-state index in [1.807, 2.05) is 6.92 Å². The molecule has 47 heavy (non-hydrogen) atoms. The maximum atomic E-state index is 12.6. The Morgan fingerprint density at radius 3 is 2.13 bits per heavy atom. The van der Waals surface area contributed by atoms with Crippen LogP contribution in [0.15, 0.2) is 11.6 Å². The second-order valence-electron chi connectivity index (χ2n) is 15.3. The van der Waals surface area contributed by atoms with E-state index in [2.05, 4.69) is 13.0 Å². The van der Waals surface area contributed by atoms with Crippen LogP contribution in [0.3, 0.4) is 0 Å². The molecule has 0 aromatic heterocycles. The molecule has 0 aromatic rings. The number of Topliss-reactive ketones (excluding diaryl/α,β-unsaturated/α-hetero) is 1. The summed E-state index contributed by atoms with van der Waals surface area (Å²) >= 11 is 0. The zero-order chi connectivity index (χ0) is 34.2. The van der Waals surface area contributed by atoms with Gasteiger partial charge in [0.2, 0.25) is 0 Å². The van der Waals surface area contributed by atoms with Gasteiger partial charge < -0.3 is 64.9 Å². The summed E-state index contributed by atoms with van der Waals surface area (Å²) in [5.41, 5.74) is -1.24. The number of aliphatic hydroxyl groups excluding tert-OH is 8. The predicted molar refractivity (Wildman–Crippen MR) is 160 cm³/mol. The summed E-state index contributed by atoms with van der Waals surface area (Å²) in [7, 11) is 0. The topological polar surface area (TPSA) is 236 Å². The van der Waals surface area contributed by atoms with Gasteiger partial charge in [0.05, 0.1) is 31.0 Å². The Hall–Kier alpha value is -1.11. The van der Waals surface area contributed by atoms with Crippen LogP contribution >= 0.6 is 0 Å². The summed E-state index contributed by atoms with van der Waals surface area (Å²) in [5, 5.41) is 95.5. The van der Waals surface area contributed by atoms with Crippen LogP contribution in [0.4, 0.5) is 0 Å². The van der Waals surface area contributed by atoms with Gasteiger partial charge in [0.15, 0.2) is 12.6 Å². The third kappa shape index (κ3) is 5.47. The van der Waals surface area contributed by atoms with E-state index in [-0.39, 0.29) is 29.5 Å². The van der Waals surface area contributed by atoms with Crippen LogP contribution < -0.4 is 0 Å². The van der Waals surface area contributed by atoms with Gasteiger partial charge in [-0.15, -0.1) is 0 Å². The fourth-order valence-corrected chi connectivity index (χ4v) is 10.2. The predicted octanol–water partition coefficient (Wildman–Crippen LogP) is -1.75. The molecule has 6 rings (SSSR count). The fraction of sp³-hybridized carbons (Fsp3) is 0.909. The number of ether oxygens (including phenoxy) is 4. The van der Waals surface area contributed by atoms with E-state index in [1.54, 1.807) is 6.92 Å². The first-order valence-electron chi connectivity index (χ1n) is 17.0. The monoisotopic (exact) mass is 672 g/mol. The van der Waals surface area contributed by atoms with Crippen LogP contribution in [0.25, 0.3) is 0 Å². The summed E-state index contributed by atoms with van der Waals surface area (Å²) in [6, 6.07) is 0. The number of carbonyl (C=O) groups is 1. The molecule has 14 nitrogen and oxygen atoms in total. The van der Waals surface area contributed by atoms with Crippen LogP contribution in [-0.2, 0) is 23.7 Å². The van der Waals surface area contributed by atoms with E-state index >= 15 is 0 Å². The Morgan fingerprint density at radius 2 is 1.49 bits per heavy atom. The maximum Gasteiger partial charge on any atom is 0.187 e. The van der Waals surface area contributed by atoms with E-state index in [9.17, 15) is 50.8 Å². The highest BCUT2D eigenvalue weighted by atomic mass is 16.8. The zero-order valence-corrected chi connectivity index (χ0v) is 27.2. The van der Waals surface area contributed by atoms with Gasteiger partial charge in [0.1, 0.15) is 54.6 Å². The molecule has 2 heterocycles. The molecule has 0 aromatic carbocycles. The van der Waals surface area contributed by atoms with Crippen LogP contribution in [0, 0.1) is 28.6 Å². The van der Waals surface area contributed by atoms with Crippen molar-refractivity contribution in [2.24, 2.45) is 28.6 Å². The number of hydrogen-bond acceptors (Lipinski definition) is 14. The summed E-state index contributed by atoms with van der Waals surface area (Å²) in [4.78, 5) is 12.6. The third-order valence-corrected chi connectivity index (χ3v) is 13.1. The highest BCUT2D eigenvalue weighted by molar-refractivity contribution is 5.80. The van der Waals surface area contributed by atoms with Crippen LogP contribution in [0.5, 0.6) is 0 Å². The molecule has 0 radical (unpaired) electrons. The van der Waals surface area contributed by atoms with Gasteiger partial charge in [-0.25, -0.2) is 0 Å². The highest BCUT2D eigenvalue weighted by Crippen LogP contribution is 2.68. The quantitative estimate of drug-likeness (QED) is 0.137. The molecule has 9 N–H and O–H groups in total. The van der Waals surface area contributed by atoms with Gasteiger partial charge in [0, 0.05) is 11.3 Å². The molecule has 0 bridgehead atoms. The number of hydrogen-bond donors (Lipinski definition) is 9. The average Bonchev–Trinajstić information content (AvgIpc) is 3.26. The lowest BCUT2D eigenvalue weighted by molar-refractivity contribution is -0.372. The Balaban J connectivity index is 1.20. The first-order valence-corrected chi connectivity index (χ1v) is 17.0. The Kier molecular flexibility index (Phi) is 9.80. The largest absolute Gasteiger partial charge is 0.394 e. The summed E-state index contributed by atoms with van der Waals surface area (Å²) in [5.74, 6) is -0.537. The lowest BCUT2D eigenvalue weighted by Gasteiger charge is -2.61. The number of allylic oxidation sites excluding steroid dienone is 1. The molecular weight excluding hydrogens is 620 g/mol. The van der Waals surface area contributed by atoms with Gasteiger partial charge in [-0.3, -0.25) is 4.79 Å². The van der Waals surface area contributed by atoms with Gasteiger partial charge in [-0.2, -0.15) is 0 Å². The molecule has 14 heteroatoms. The molecule has 3 saturated carbocycles. The number of aliphatic hydroxyl groups is 9. The molecule has 0 unspecified atom stereocenters. The second kappa shape index (κ2) is 12.9. The van der Waals surface area contributed by atoms with Crippen molar-refractivity contribution in [3.63, 3.8) is 0 Å². The molecule has 0 amide bonds. The first-order chi connectivity index (χ1) is 22.1. The SMILES string of the molecule is CC(=O)[C@H]1C[C@@H](O)[C@]2(O)[C@@H]3CC=C4C[C@@H](O[C@@H]5O[C@H](CO)[C@@H](O)[C@H](O)[C@H]5O[C@@H]5O[C@H](CO)[C@@H](O)[C@H](O)[C@H]5O)CC[C@]4(C)[C@H]3CC[C@]12C. The van der Waals surface area contributed by atoms with Gasteiger partial charge in [-0.05, 0) is 69.1 Å². The molecule has 5 fully saturated rings. The number of carbonyl (C=O) groups excluding carboxylic acids is 1. The van der Waals surface area contributed by atoms with E-state index in [1.165, 1.54) is 0 Å². The van der Waals surface area contributed by atoms with E-state index in [4.69, 9.17) is 18.9 Å². The summed E-state index contributed by atoms with van der Waals surface area (Å²) in [6.07, 6.45) is -10.6. The Morgan fingerprint density at radius 1 is 0.851 bits per heavy atom. The molecule has 4 aliphatic carbocycles. The van der Waals surface area contributed by atoms with Crippen LogP contribution in [0.1, 0.15) is 65.7 Å². The molecule has 2 saturated heterocycles. The van der Waals surface area contributed by atoms with Crippen LogP contribution in [0.2, 0.25) is 0 Å². The highest BCUT2D eigenvalue weighted by Gasteiger charge is 2.70. The molecule has 268 valence electrons. The number of fused-ring (bicyclic) bond motifs is 5. The fourth-order valence-electron chi connectivity index (χ4n) is 10.2. The molecule has 18 atom stereocenters. The van der Waals surface area contributed by atoms with E-state index in [0.29, 0.717) is 32.1 Å². The number of rotatable bonds is 7. The van der Waals surface area contributed by atoms with Crippen molar-refractivity contribution < 1.29 is 69.7 Å². The minimum absolute atomic E-state index is 0.00309. The molecular formula is C33H52O14. The molecule has 0 spiro atoms. The van der Waals surface area contributed by atoms with Crippen molar-refractivity contribution in [2.75, 3.05) is 13.2 Å². The minimum atomic E-state index is -1.76. The van der Waals surface area contributed by atoms with Gasteiger partial charge in [-0.1, -0.05) is 25.5 Å². The third-order valence-electron chi connectivity index (χ3n) is 13.1. The molecule has 6 aliphatic rings. The normalized spacial score (nSPS) is 54.6. The smallest absolute Gasteiger partial charge is 0.187 e. The van der Waals surface area contributed by atoms with Gasteiger partial charge >= 0.3 is 0 Å². The average molecular weight is 673 g/mol. The Labute approximate surface area is 273 Å². The van der Waals surface area contributed by atoms with Crippen molar-refractivity contribution in [1.82, 2.24) is 0 Å². The minimum Gasteiger partial charge on any atom is -0.394 e. The summed E-state index contributed by atoms with van der Waals surface area (Å²) < 4.78 is 23.5. The van der Waals surface area contributed by atoms with E-state index < -0.39 is 104 Å². The van der Waals surface area contributed by atoms with Crippen molar-refractivity contribution in [3.05, 3.63) is 11.6 Å². The second-order valence-corrected chi connectivity index (χ2v) is 15.3.